The number of halogens is 1. The topological polar surface area (TPSA) is 11.4 Å². The molecule has 0 unspecified atom stereocenters. The van der Waals surface area contributed by atoms with Crippen molar-refractivity contribution in [1.82, 2.24) is 4.57 Å². The van der Waals surface area contributed by atoms with E-state index in [1.807, 2.05) is 12.1 Å². The summed E-state index contributed by atoms with van der Waals surface area (Å²) in [4.78, 5) is 4.63. The molecule has 0 aliphatic carbocycles. The number of nitrogens with zero attached hydrogens (tertiary/aromatic N) is 3. The van der Waals surface area contributed by atoms with Crippen LogP contribution in [0, 0.1) is 5.82 Å². The fourth-order valence-corrected chi connectivity index (χ4v) is 16.4. The number of aromatic nitrogens is 1. The van der Waals surface area contributed by atoms with Crippen LogP contribution >= 0.6 is 0 Å². The molecule has 0 amide bonds. The van der Waals surface area contributed by atoms with Crippen molar-refractivity contribution < 1.29 is 4.39 Å². The average molecular weight is 931 g/mol. The average Bonchev–Trinajstić information content (AvgIpc) is 3.77. The number of para-hydroxylation sites is 3. The molecule has 0 aliphatic rings. The quantitative estimate of drug-likeness (QED) is 0.0893. The van der Waals surface area contributed by atoms with Crippen LogP contribution in [0.4, 0.5) is 38.5 Å². The number of benzene rings is 11. The van der Waals surface area contributed by atoms with Crippen molar-refractivity contribution in [3.05, 3.63) is 297 Å². The summed E-state index contributed by atoms with van der Waals surface area (Å²) in [6, 6.07) is 103. The Morgan fingerprint density at radius 1 is 0.282 bits per heavy atom. The van der Waals surface area contributed by atoms with Gasteiger partial charge in [-0.05, 0) is 54.6 Å². The maximum absolute atomic E-state index is 14.2. The third-order valence-corrected chi connectivity index (χ3v) is 19.7. The van der Waals surface area contributed by atoms with Crippen LogP contribution in [0.15, 0.2) is 291 Å². The van der Waals surface area contributed by atoms with Gasteiger partial charge in [-0.25, -0.2) is 4.39 Å². The van der Waals surface area contributed by atoms with E-state index in [4.69, 9.17) is 0 Å². The van der Waals surface area contributed by atoms with Gasteiger partial charge in [-0.2, -0.15) is 0 Å². The Kier molecular flexibility index (Phi) is 11.5. The summed E-state index contributed by atoms with van der Waals surface area (Å²) in [5, 5.41) is 7.76. The molecule has 3 nitrogen and oxygen atoms in total. The van der Waals surface area contributed by atoms with Crippen molar-refractivity contribution in [2.75, 3.05) is 9.80 Å². The fraction of sp³-hybridized carbons (Fsp3) is 0. The van der Waals surface area contributed by atoms with E-state index in [1.165, 1.54) is 32.9 Å². The van der Waals surface area contributed by atoms with E-state index < -0.39 is 8.07 Å². The second-order valence-electron chi connectivity index (χ2n) is 18.2. The normalized spacial score (nSPS) is 11.7. The molecule has 71 heavy (non-hydrogen) atoms. The molecular formula is C66H49FN3Si-. The Morgan fingerprint density at radius 3 is 1.13 bits per heavy atom. The summed E-state index contributed by atoms with van der Waals surface area (Å²) in [5.41, 5.74) is 11.7. The minimum absolute atomic E-state index is 0.254. The van der Waals surface area contributed by atoms with Gasteiger partial charge in [0.15, 0.2) is 0 Å². The van der Waals surface area contributed by atoms with Crippen LogP contribution in [0.2, 0.25) is 0 Å². The third kappa shape index (κ3) is 7.98. The second kappa shape index (κ2) is 18.8. The Hall–Kier alpha value is -9.03. The summed E-state index contributed by atoms with van der Waals surface area (Å²) in [5.74, 6) is -0.254. The first-order valence-electron chi connectivity index (χ1n) is 24.3. The summed E-state index contributed by atoms with van der Waals surface area (Å²) >= 11 is 0. The summed E-state index contributed by atoms with van der Waals surface area (Å²) < 4.78 is 16.4. The van der Waals surface area contributed by atoms with Gasteiger partial charge in [0.05, 0.1) is 11.0 Å². The standard InChI is InChI=1S/C66H49FN3Si/c67-51-34-38-57(39-35-51)70-65-29-17-16-28-63(65)64-48-58(44-47-66(64)70)69(56-42-40-55(41-43-56)68(52-18-6-1-7-19-52)53-20-8-2-9-21-53)54-36-30-49(31-37-54)50-32-45-62(46-33-50)71(59-22-10-3-11-23-59,60-24-12-4-13-25-60)61-26-14-5-15-27-61/h1-48,71H/q-1. The van der Waals surface area contributed by atoms with Crippen LogP contribution in [0.1, 0.15) is 0 Å². The van der Waals surface area contributed by atoms with E-state index in [9.17, 15) is 4.39 Å². The van der Waals surface area contributed by atoms with Gasteiger partial charge in [-0.3, -0.25) is 0 Å². The third-order valence-electron chi connectivity index (χ3n) is 14.2. The molecule has 5 heteroatoms. The molecule has 0 fully saturated rings. The molecule has 12 rings (SSSR count). The van der Waals surface area contributed by atoms with E-state index in [2.05, 4.69) is 281 Å². The number of rotatable bonds is 12. The van der Waals surface area contributed by atoms with Crippen molar-refractivity contribution in [1.29, 1.82) is 0 Å². The zero-order valence-electron chi connectivity index (χ0n) is 39.0. The molecule has 340 valence electrons. The van der Waals surface area contributed by atoms with E-state index in [0.717, 1.165) is 72.7 Å². The summed E-state index contributed by atoms with van der Waals surface area (Å²) in [6.07, 6.45) is 0. The minimum atomic E-state index is -3.08. The molecule has 1 heterocycles. The van der Waals surface area contributed by atoms with Crippen molar-refractivity contribution in [2.45, 2.75) is 0 Å². The van der Waals surface area contributed by atoms with Crippen LogP contribution in [-0.4, -0.2) is 12.6 Å². The molecular weight excluding hydrogens is 882 g/mol. The van der Waals surface area contributed by atoms with Gasteiger partial charge < -0.3 is 9.47 Å². The van der Waals surface area contributed by atoms with Crippen LogP contribution in [0.25, 0.3) is 38.6 Å². The Labute approximate surface area is 415 Å². The number of hydrogen-bond acceptors (Lipinski definition) is 2. The zero-order valence-corrected chi connectivity index (χ0v) is 40.2. The first-order chi connectivity index (χ1) is 35.1. The van der Waals surface area contributed by atoms with Crippen LogP contribution in [-0.2, 0) is 0 Å². The monoisotopic (exact) mass is 930 g/mol. The van der Waals surface area contributed by atoms with E-state index in [-0.39, 0.29) is 5.82 Å². The second-order valence-corrected chi connectivity index (χ2v) is 22.6. The fourth-order valence-electron chi connectivity index (χ4n) is 10.9. The van der Waals surface area contributed by atoms with Crippen LogP contribution < -0.4 is 30.5 Å². The maximum atomic E-state index is 14.2. The predicted octanol–water partition coefficient (Wildman–Crippen LogP) is 14.6. The SMILES string of the molecule is Fc1ccc(-n2c3ccccc3c3cc(N(c4ccc(-c5ccc([SiH-](c6ccccc6)(c6ccccc6)c6ccccc6)cc5)cc4)c4ccc(N(c5ccccc5)c5ccccc5)cc4)ccc32)cc1. The van der Waals surface area contributed by atoms with Gasteiger partial charge in [0.2, 0.25) is 0 Å². The van der Waals surface area contributed by atoms with E-state index >= 15 is 0 Å². The van der Waals surface area contributed by atoms with Gasteiger partial charge in [0, 0.05) is 28.1 Å². The molecule has 0 spiro atoms. The zero-order chi connectivity index (χ0) is 47.6. The van der Waals surface area contributed by atoms with Crippen LogP contribution in [0.3, 0.4) is 0 Å². The first kappa shape index (κ1) is 43.3. The predicted molar refractivity (Wildman–Crippen MR) is 301 cm³/mol. The molecule has 0 bridgehead atoms. The molecule has 0 saturated carbocycles. The van der Waals surface area contributed by atoms with Gasteiger partial charge in [-0.1, -0.05) is 54.6 Å². The van der Waals surface area contributed by atoms with Crippen molar-refractivity contribution in [3.8, 4) is 16.8 Å². The molecule has 0 saturated heterocycles. The summed E-state index contributed by atoms with van der Waals surface area (Å²) in [7, 11) is -3.08. The molecule has 0 atom stereocenters. The summed E-state index contributed by atoms with van der Waals surface area (Å²) in [6.45, 7) is 0. The smallest absolute Gasteiger partial charge is 0.0351 e. The Morgan fingerprint density at radius 2 is 0.634 bits per heavy atom. The van der Waals surface area contributed by atoms with Crippen molar-refractivity contribution in [2.24, 2.45) is 0 Å². The molecule has 1 aromatic heterocycles. The van der Waals surface area contributed by atoms with Crippen LogP contribution in [0.5, 0.6) is 0 Å². The number of anilines is 6. The first-order valence-corrected chi connectivity index (χ1v) is 26.6. The van der Waals surface area contributed by atoms with Crippen molar-refractivity contribution >= 4 is 84.8 Å². The van der Waals surface area contributed by atoms with Gasteiger partial charge in [0.25, 0.3) is 0 Å². The molecule has 0 N–H and O–H groups in total. The number of hydrogen-bond donors (Lipinski definition) is 0. The van der Waals surface area contributed by atoms with Crippen molar-refractivity contribution in [3.63, 3.8) is 0 Å². The van der Waals surface area contributed by atoms with E-state index in [0.29, 0.717) is 0 Å². The molecule has 0 radical (unpaired) electrons. The number of fused-ring (bicyclic) bond motifs is 3. The minimum Gasteiger partial charge on any atom is -0.0351 e. The molecule has 12 aromatic rings. The van der Waals surface area contributed by atoms with Gasteiger partial charge >= 0.3 is 249 Å². The van der Waals surface area contributed by atoms with E-state index in [1.54, 1.807) is 0 Å². The molecule has 11 aromatic carbocycles. The van der Waals surface area contributed by atoms with Gasteiger partial charge in [-0.15, -0.1) is 0 Å². The Balaban J connectivity index is 0.962. The van der Waals surface area contributed by atoms with Gasteiger partial charge in [0.1, 0.15) is 5.82 Å². The molecule has 0 aliphatic heterocycles. The Bertz CT molecular complexity index is 3580.